The minimum atomic E-state index is -4.44. The van der Waals surface area contributed by atoms with Crippen LogP contribution in [0.3, 0.4) is 0 Å². The predicted octanol–water partition coefficient (Wildman–Crippen LogP) is 5.85. The Labute approximate surface area is 162 Å². The number of rotatable bonds is 4. The summed E-state index contributed by atoms with van der Waals surface area (Å²) >= 11 is 5.68. The molecule has 0 bridgehead atoms. The fourth-order valence-corrected chi connectivity index (χ4v) is 4.80. The zero-order chi connectivity index (χ0) is 19.0. The van der Waals surface area contributed by atoms with E-state index in [1.165, 1.54) is 24.5 Å². The Morgan fingerprint density at radius 3 is 2.30 bits per heavy atom. The number of hydrogen-bond acceptors (Lipinski definition) is 2. The van der Waals surface area contributed by atoms with Crippen LogP contribution in [0.25, 0.3) is 0 Å². The summed E-state index contributed by atoms with van der Waals surface area (Å²) in [6, 6.07) is 14.7. The Morgan fingerprint density at radius 2 is 1.67 bits per heavy atom. The highest BCUT2D eigenvalue weighted by atomic mass is 35.5. The van der Waals surface area contributed by atoms with E-state index in [0.717, 1.165) is 19.2 Å². The first-order valence-corrected chi connectivity index (χ1v) is 9.66. The Morgan fingerprint density at radius 1 is 1.00 bits per heavy atom. The van der Waals surface area contributed by atoms with Crippen molar-refractivity contribution in [2.45, 2.75) is 24.9 Å². The average molecular weight is 395 g/mol. The summed E-state index contributed by atoms with van der Waals surface area (Å²) < 4.78 is 38.9. The van der Waals surface area contributed by atoms with E-state index < -0.39 is 11.7 Å². The SMILES string of the molecule is FC(F)(F)c1cc(NCN2CC3CC(c4ccccc4)CC3C2)ccc1Cl. The smallest absolute Gasteiger partial charge is 0.372 e. The molecule has 4 rings (SSSR count). The molecule has 2 atom stereocenters. The summed E-state index contributed by atoms with van der Waals surface area (Å²) in [7, 11) is 0. The van der Waals surface area contributed by atoms with Crippen molar-refractivity contribution in [2.24, 2.45) is 11.8 Å². The average Bonchev–Trinajstić information content (AvgIpc) is 3.19. The fourth-order valence-electron chi connectivity index (χ4n) is 4.58. The van der Waals surface area contributed by atoms with Gasteiger partial charge in [0.2, 0.25) is 0 Å². The van der Waals surface area contributed by atoms with Crippen LogP contribution in [-0.4, -0.2) is 24.7 Å². The Bertz CT molecular complexity index is 780. The molecule has 1 N–H and O–H groups in total. The summed E-state index contributed by atoms with van der Waals surface area (Å²) in [5, 5.41) is 2.86. The monoisotopic (exact) mass is 394 g/mol. The summed E-state index contributed by atoms with van der Waals surface area (Å²) in [5.74, 6) is 1.99. The van der Waals surface area contributed by atoms with Crippen molar-refractivity contribution in [2.75, 3.05) is 25.1 Å². The first-order chi connectivity index (χ1) is 12.9. The van der Waals surface area contributed by atoms with Crippen LogP contribution in [0.15, 0.2) is 48.5 Å². The number of fused-ring (bicyclic) bond motifs is 1. The summed E-state index contributed by atoms with van der Waals surface area (Å²) in [6.07, 6.45) is -2.04. The molecule has 2 aliphatic rings. The van der Waals surface area contributed by atoms with Crippen LogP contribution in [-0.2, 0) is 6.18 Å². The summed E-state index contributed by atoms with van der Waals surface area (Å²) in [5.41, 5.74) is 1.08. The number of nitrogens with one attached hydrogen (secondary N) is 1. The minimum Gasteiger partial charge on any atom is -0.372 e. The van der Waals surface area contributed by atoms with Crippen LogP contribution in [0.5, 0.6) is 0 Å². The summed E-state index contributed by atoms with van der Waals surface area (Å²) in [4.78, 5) is 2.30. The van der Waals surface area contributed by atoms with E-state index in [9.17, 15) is 13.2 Å². The standard InChI is InChI=1S/C21H22ClF3N2/c22-20-7-6-18(10-19(20)21(23,24)25)26-13-27-11-16-8-15(9-17(16)12-27)14-4-2-1-3-5-14/h1-7,10,15-17,26H,8-9,11-13H2. The second-order valence-corrected chi connectivity index (χ2v) is 8.07. The molecule has 1 aliphatic heterocycles. The van der Waals surface area contributed by atoms with E-state index in [1.54, 1.807) is 6.07 Å². The van der Waals surface area contributed by atoms with E-state index in [1.807, 2.05) is 6.07 Å². The maximum absolute atomic E-state index is 13.0. The third kappa shape index (κ3) is 4.09. The van der Waals surface area contributed by atoms with Crippen LogP contribution in [0, 0.1) is 11.8 Å². The molecule has 0 aromatic heterocycles. The largest absolute Gasteiger partial charge is 0.417 e. The van der Waals surface area contributed by atoms with E-state index in [-0.39, 0.29) is 5.02 Å². The molecule has 6 heteroatoms. The van der Waals surface area contributed by atoms with E-state index in [2.05, 4.69) is 34.5 Å². The van der Waals surface area contributed by atoms with Gasteiger partial charge < -0.3 is 5.32 Å². The number of benzene rings is 2. The molecule has 1 saturated heterocycles. The lowest BCUT2D eigenvalue weighted by molar-refractivity contribution is -0.137. The second-order valence-electron chi connectivity index (χ2n) is 7.66. The molecule has 0 spiro atoms. The molecule has 2 aromatic carbocycles. The molecule has 2 aromatic rings. The van der Waals surface area contributed by atoms with E-state index in [4.69, 9.17) is 11.6 Å². The number of alkyl halides is 3. The van der Waals surface area contributed by atoms with Gasteiger partial charge in [-0.05, 0) is 54.4 Å². The van der Waals surface area contributed by atoms with Crippen LogP contribution in [0.1, 0.15) is 29.9 Å². The highest BCUT2D eigenvalue weighted by molar-refractivity contribution is 6.31. The quantitative estimate of drug-likeness (QED) is 0.699. The highest BCUT2D eigenvalue weighted by Crippen LogP contribution is 2.46. The third-order valence-electron chi connectivity index (χ3n) is 5.88. The van der Waals surface area contributed by atoms with Gasteiger partial charge >= 0.3 is 6.18 Å². The zero-order valence-corrected chi connectivity index (χ0v) is 15.6. The minimum absolute atomic E-state index is 0.268. The number of likely N-dealkylation sites (tertiary alicyclic amines) is 1. The number of hydrogen-bond donors (Lipinski definition) is 1. The van der Waals surface area contributed by atoms with Gasteiger partial charge in [-0.15, -0.1) is 0 Å². The van der Waals surface area contributed by atoms with Crippen LogP contribution in [0.2, 0.25) is 5.02 Å². The normalized spacial score (nSPS) is 25.6. The second kappa shape index (κ2) is 7.36. The molecule has 0 amide bonds. The number of halogens is 4. The Kier molecular flexibility index (Phi) is 5.08. The molecular formula is C21H22ClF3N2. The maximum atomic E-state index is 13.0. The van der Waals surface area contributed by atoms with Gasteiger partial charge in [-0.1, -0.05) is 41.9 Å². The van der Waals surface area contributed by atoms with Crippen LogP contribution < -0.4 is 5.32 Å². The summed E-state index contributed by atoms with van der Waals surface area (Å²) in [6.45, 7) is 2.56. The van der Waals surface area contributed by atoms with E-state index >= 15 is 0 Å². The van der Waals surface area contributed by atoms with Gasteiger partial charge in [-0.25, -0.2) is 0 Å². The molecule has 1 heterocycles. The topological polar surface area (TPSA) is 15.3 Å². The number of anilines is 1. The van der Waals surface area contributed by atoms with Crippen LogP contribution in [0.4, 0.5) is 18.9 Å². The van der Waals surface area contributed by atoms with E-state index in [0.29, 0.717) is 30.1 Å². The van der Waals surface area contributed by atoms with Crippen LogP contribution >= 0.6 is 11.6 Å². The molecule has 2 unspecified atom stereocenters. The van der Waals surface area contributed by atoms with Crippen molar-refractivity contribution in [1.29, 1.82) is 0 Å². The van der Waals surface area contributed by atoms with Crippen molar-refractivity contribution < 1.29 is 13.2 Å². The molecule has 27 heavy (non-hydrogen) atoms. The van der Waals surface area contributed by atoms with Crippen molar-refractivity contribution in [3.63, 3.8) is 0 Å². The van der Waals surface area contributed by atoms with Crippen molar-refractivity contribution >= 4 is 17.3 Å². The van der Waals surface area contributed by atoms with Gasteiger partial charge in [0.15, 0.2) is 0 Å². The first-order valence-electron chi connectivity index (χ1n) is 9.28. The van der Waals surface area contributed by atoms with Gasteiger partial charge in [0.05, 0.1) is 17.3 Å². The molecule has 144 valence electrons. The van der Waals surface area contributed by atoms with Gasteiger partial charge in [-0.2, -0.15) is 13.2 Å². The predicted molar refractivity (Wildman–Crippen MR) is 102 cm³/mol. The molecular weight excluding hydrogens is 373 g/mol. The molecule has 2 fully saturated rings. The Balaban J connectivity index is 1.32. The molecule has 2 nitrogen and oxygen atoms in total. The lowest BCUT2D eigenvalue weighted by Crippen LogP contribution is -2.28. The third-order valence-corrected chi connectivity index (χ3v) is 6.21. The van der Waals surface area contributed by atoms with Crippen molar-refractivity contribution in [3.8, 4) is 0 Å². The highest BCUT2D eigenvalue weighted by Gasteiger charge is 2.41. The lowest BCUT2D eigenvalue weighted by atomic mass is 9.96. The van der Waals surface area contributed by atoms with Gasteiger partial charge in [0.1, 0.15) is 0 Å². The van der Waals surface area contributed by atoms with Gasteiger partial charge in [0.25, 0.3) is 0 Å². The first kappa shape index (κ1) is 18.6. The van der Waals surface area contributed by atoms with Gasteiger partial charge in [-0.3, -0.25) is 4.90 Å². The van der Waals surface area contributed by atoms with Crippen molar-refractivity contribution in [1.82, 2.24) is 4.90 Å². The number of nitrogens with zero attached hydrogens (tertiary/aromatic N) is 1. The van der Waals surface area contributed by atoms with Gasteiger partial charge in [0, 0.05) is 18.8 Å². The van der Waals surface area contributed by atoms with Crippen molar-refractivity contribution in [3.05, 3.63) is 64.7 Å². The molecule has 0 radical (unpaired) electrons. The molecule has 1 aliphatic carbocycles. The lowest BCUT2D eigenvalue weighted by Gasteiger charge is -2.21. The Hall–Kier alpha value is -1.72. The zero-order valence-electron chi connectivity index (χ0n) is 14.8. The molecule has 1 saturated carbocycles. The maximum Gasteiger partial charge on any atom is 0.417 e. The fraction of sp³-hybridized carbons (Fsp3) is 0.429.